The molecule has 0 aliphatic rings. The van der Waals surface area contributed by atoms with Gasteiger partial charge in [-0.25, -0.2) is 0 Å². The summed E-state index contributed by atoms with van der Waals surface area (Å²) in [5.41, 5.74) is 7.16. The molecule has 0 radical (unpaired) electrons. The van der Waals surface area contributed by atoms with Gasteiger partial charge in [0.15, 0.2) is 6.29 Å². The average molecular weight is 207 g/mol. The smallest absolute Gasteiger partial charge is 0.152 e. The van der Waals surface area contributed by atoms with Crippen LogP contribution in [-0.4, -0.2) is 11.4 Å². The number of rotatable bonds is 2. The zero-order valence-corrected chi connectivity index (χ0v) is 8.17. The molecule has 3 N–H and O–H groups in total. The topological polar surface area (TPSA) is 63.3 Å². The number of anilines is 1. The fourth-order valence-electron chi connectivity index (χ4n) is 1.52. The van der Waals surface area contributed by atoms with E-state index in [1.807, 2.05) is 11.4 Å². The Bertz CT molecular complexity index is 490. The summed E-state index contributed by atoms with van der Waals surface area (Å²) in [6.45, 7) is -0.157. The summed E-state index contributed by atoms with van der Waals surface area (Å²) in [5.74, 6) is 0. The Labute approximate surface area is 84.8 Å². The van der Waals surface area contributed by atoms with Gasteiger partial charge in [-0.1, -0.05) is 0 Å². The lowest BCUT2D eigenvalue weighted by Gasteiger charge is -2.06. The van der Waals surface area contributed by atoms with Crippen LogP contribution in [-0.2, 0) is 6.61 Å². The molecule has 1 heterocycles. The minimum absolute atomic E-state index is 0.157. The second-order valence-electron chi connectivity index (χ2n) is 2.97. The highest BCUT2D eigenvalue weighted by molar-refractivity contribution is 7.17. The predicted molar refractivity (Wildman–Crippen MR) is 57.5 cm³/mol. The van der Waals surface area contributed by atoms with E-state index in [2.05, 4.69) is 0 Å². The number of carbonyl (C=O) groups excluding carboxylic acids is 1. The summed E-state index contributed by atoms with van der Waals surface area (Å²) >= 11 is 1.50. The van der Waals surface area contributed by atoms with Gasteiger partial charge >= 0.3 is 0 Å². The van der Waals surface area contributed by atoms with Crippen LogP contribution in [0.5, 0.6) is 0 Å². The number of aliphatic hydroxyl groups excluding tert-OH is 1. The van der Waals surface area contributed by atoms with Gasteiger partial charge in [-0.3, -0.25) is 4.79 Å². The fourth-order valence-corrected chi connectivity index (χ4v) is 2.45. The number of aliphatic hydroxyl groups is 1. The number of aldehydes is 1. The summed E-state index contributed by atoms with van der Waals surface area (Å²) in [7, 11) is 0. The van der Waals surface area contributed by atoms with Gasteiger partial charge in [0.05, 0.1) is 6.61 Å². The zero-order valence-electron chi connectivity index (χ0n) is 7.36. The van der Waals surface area contributed by atoms with Crippen LogP contribution in [0.4, 0.5) is 5.69 Å². The third-order valence-corrected chi connectivity index (χ3v) is 3.18. The standard InChI is InChI=1S/C10H9NO2S/c11-9-3-6-1-2-14-10(6)8(5-13)7(9)4-12/h1-4,13H,5,11H2. The maximum Gasteiger partial charge on any atom is 0.152 e. The molecular formula is C10H9NO2S. The number of fused-ring (bicyclic) bond motifs is 1. The first-order valence-corrected chi connectivity index (χ1v) is 5.00. The highest BCUT2D eigenvalue weighted by atomic mass is 32.1. The average Bonchev–Trinajstić information content (AvgIpc) is 2.62. The Hall–Kier alpha value is -1.39. The molecule has 0 fully saturated rings. The van der Waals surface area contributed by atoms with Crippen molar-refractivity contribution >= 4 is 33.4 Å². The summed E-state index contributed by atoms with van der Waals surface area (Å²) in [6, 6.07) is 3.68. The molecule has 0 spiro atoms. The molecule has 3 nitrogen and oxygen atoms in total. The number of carbonyl (C=O) groups is 1. The van der Waals surface area contributed by atoms with Crippen LogP contribution >= 0.6 is 11.3 Å². The Morgan fingerprint density at radius 1 is 1.57 bits per heavy atom. The van der Waals surface area contributed by atoms with E-state index in [-0.39, 0.29) is 6.61 Å². The summed E-state index contributed by atoms with van der Waals surface area (Å²) in [5, 5.41) is 12.1. The number of thiophene rings is 1. The molecule has 0 amide bonds. The van der Waals surface area contributed by atoms with Gasteiger partial charge in [-0.15, -0.1) is 11.3 Å². The van der Waals surface area contributed by atoms with Gasteiger partial charge in [0.2, 0.25) is 0 Å². The molecule has 2 aromatic rings. The number of hydrogen-bond acceptors (Lipinski definition) is 4. The molecule has 2 rings (SSSR count). The molecule has 0 atom stereocenters. The monoisotopic (exact) mass is 207 g/mol. The molecule has 14 heavy (non-hydrogen) atoms. The van der Waals surface area contributed by atoms with Crippen molar-refractivity contribution < 1.29 is 9.90 Å². The number of nitrogens with two attached hydrogens (primary N) is 1. The minimum Gasteiger partial charge on any atom is -0.398 e. The molecule has 0 bridgehead atoms. The number of nitrogen functional groups attached to an aromatic ring is 1. The molecule has 0 aliphatic carbocycles. The van der Waals surface area contributed by atoms with Crippen molar-refractivity contribution in [2.45, 2.75) is 6.61 Å². The van der Waals surface area contributed by atoms with Crippen molar-refractivity contribution in [2.24, 2.45) is 0 Å². The third-order valence-electron chi connectivity index (χ3n) is 2.19. The molecule has 4 heteroatoms. The molecule has 1 aromatic carbocycles. The summed E-state index contributed by atoms with van der Waals surface area (Å²) < 4.78 is 0.934. The van der Waals surface area contributed by atoms with E-state index in [9.17, 15) is 9.90 Å². The minimum atomic E-state index is -0.157. The lowest BCUT2D eigenvalue weighted by Crippen LogP contribution is -1.99. The SMILES string of the molecule is Nc1cc2ccsc2c(CO)c1C=O. The largest absolute Gasteiger partial charge is 0.398 e. The van der Waals surface area contributed by atoms with E-state index in [1.165, 1.54) is 11.3 Å². The molecule has 0 saturated carbocycles. The van der Waals surface area contributed by atoms with Gasteiger partial charge in [0.1, 0.15) is 0 Å². The van der Waals surface area contributed by atoms with E-state index in [1.54, 1.807) is 6.07 Å². The predicted octanol–water partition coefficient (Wildman–Crippen LogP) is 1.79. The normalized spacial score (nSPS) is 10.6. The lowest BCUT2D eigenvalue weighted by molar-refractivity contribution is 0.112. The Balaban J connectivity index is 2.88. The Morgan fingerprint density at radius 3 is 3.00 bits per heavy atom. The van der Waals surface area contributed by atoms with Crippen molar-refractivity contribution in [3.05, 3.63) is 28.6 Å². The van der Waals surface area contributed by atoms with Crippen molar-refractivity contribution in [3.63, 3.8) is 0 Å². The summed E-state index contributed by atoms with van der Waals surface area (Å²) in [4.78, 5) is 10.8. The van der Waals surface area contributed by atoms with Crippen LogP contribution in [0.25, 0.3) is 10.1 Å². The van der Waals surface area contributed by atoms with Crippen LogP contribution in [0.3, 0.4) is 0 Å². The highest BCUT2D eigenvalue weighted by Gasteiger charge is 2.10. The van der Waals surface area contributed by atoms with Gasteiger partial charge < -0.3 is 10.8 Å². The van der Waals surface area contributed by atoms with Gasteiger partial charge in [0.25, 0.3) is 0 Å². The number of hydrogen-bond donors (Lipinski definition) is 2. The molecule has 72 valence electrons. The lowest BCUT2D eigenvalue weighted by atomic mass is 10.0. The molecule has 0 aliphatic heterocycles. The Kier molecular flexibility index (Phi) is 2.23. The zero-order chi connectivity index (χ0) is 10.1. The second kappa shape index (κ2) is 3.40. The van der Waals surface area contributed by atoms with E-state index in [0.717, 1.165) is 10.1 Å². The van der Waals surface area contributed by atoms with Crippen molar-refractivity contribution in [1.82, 2.24) is 0 Å². The first-order chi connectivity index (χ1) is 6.77. The van der Waals surface area contributed by atoms with Gasteiger partial charge in [0, 0.05) is 21.5 Å². The molecule has 1 aromatic heterocycles. The van der Waals surface area contributed by atoms with Crippen molar-refractivity contribution in [2.75, 3.05) is 5.73 Å². The first kappa shape index (κ1) is 9.18. The van der Waals surface area contributed by atoms with E-state index in [4.69, 9.17) is 5.73 Å². The first-order valence-electron chi connectivity index (χ1n) is 4.12. The van der Waals surface area contributed by atoms with Crippen molar-refractivity contribution in [1.29, 1.82) is 0 Å². The molecule has 0 unspecified atom stereocenters. The highest BCUT2D eigenvalue weighted by Crippen LogP contribution is 2.30. The van der Waals surface area contributed by atoms with Crippen molar-refractivity contribution in [3.8, 4) is 0 Å². The second-order valence-corrected chi connectivity index (χ2v) is 3.89. The maximum atomic E-state index is 10.8. The van der Waals surface area contributed by atoms with Crippen LogP contribution < -0.4 is 5.73 Å². The van der Waals surface area contributed by atoms with E-state index in [0.29, 0.717) is 23.1 Å². The third kappa shape index (κ3) is 1.20. The maximum absolute atomic E-state index is 10.8. The molecule has 0 saturated heterocycles. The fraction of sp³-hybridized carbons (Fsp3) is 0.100. The van der Waals surface area contributed by atoms with E-state index >= 15 is 0 Å². The quantitative estimate of drug-likeness (QED) is 0.583. The van der Waals surface area contributed by atoms with Crippen LogP contribution in [0.15, 0.2) is 17.5 Å². The van der Waals surface area contributed by atoms with Crippen LogP contribution in [0, 0.1) is 0 Å². The van der Waals surface area contributed by atoms with Gasteiger partial charge in [-0.2, -0.15) is 0 Å². The molecular weight excluding hydrogens is 198 g/mol. The van der Waals surface area contributed by atoms with Crippen LogP contribution in [0.1, 0.15) is 15.9 Å². The van der Waals surface area contributed by atoms with E-state index < -0.39 is 0 Å². The summed E-state index contributed by atoms with van der Waals surface area (Å²) in [6.07, 6.45) is 0.694. The number of benzene rings is 1. The van der Waals surface area contributed by atoms with Crippen LogP contribution in [0.2, 0.25) is 0 Å². The van der Waals surface area contributed by atoms with Gasteiger partial charge in [-0.05, 0) is 22.9 Å². The Morgan fingerprint density at radius 2 is 2.36 bits per heavy atom.